The standard InChI is InChI=1S/C37H18F12N4O2.C2H6.CH3F/c38-22-3-1-2-18(14-22)30-28(17-4-8-21(9-5-17)35(41,42)43)50-27(12-13-54)33(55)32-34(52-30)53-31(20-7-11-24(26(40)16-20)37(47,48)49)29(51-32)19-6-10-23(25(39)15-19)36(44,45)46;2*1-2/h3-16H,1-2H2;1-2H3;1H3/b27-12+,50-28?,52-30?;;. The normalized spacial score (nSPS) is 15.2. The first kappa shape index (κ1) is 45.4. The molecule has 0 saturated heterocycles. The number of hydrogen-bond acceptors (Lipinski definition) is 6. The van der Waals surface area contributed by atoms with Gasteiger partial charge in [-0.15, -0.1) is 0 Å². The van der Waals surface area contributed by atoms with E-state index in [9.17, 15) is 66.7 Å². The first-order valence-corrected chi connectivity index (χ1v) is 16.9. The second-order valence-electron chi connectivity index (χ2n) is 11.8. The Hall–Kier alpha value is -6.27. The van der Waals surface area contributed by atoms with Gasteiger partial charge in [0, 0.05) is 22.8 Å². The SMILES string of the molecule is CC.CF.O=C/C=C1/N=C(c2ccc(C(F)(F)F)cc2)C(C2=CC(F)=CCC2)=Nc2nc(-c3ccc(C(F)(F)F)c(F)c3)c(-c3ccc(C(F)(F)F)c(F)c3)nc2C1=O. The monoisotopic (exact) mass is 842 g/mol. The highest BCUT2D eigenvalue weighted by Crippen LogP contribution is 2.40. The molecule has 0 amide bonds. The maximum absolute atomic E-state index is 14.9. The topological polar surface area (TPSA) is 84.6 Å². The second-order valence-corrected chi connectivity index (χ2v) is 11.8. The Balaban J connectivity index is 0.00000186. The summed E-state index contributed by atoms with van der Waals surface area (Å²) in [6, 6.07) is 6.04. The molecule has 0 fully saturated rings. The number of nitrogens with zero attached hydrogens (tertiary/aromatic N) is 4. The lowest BCUT2D eigenvalue weighted by atomic mass is 9.92. The highest BCUT2D eigenvalue weighted by molar-refractivity contribution is 6.54. The number of benzene rings is 3. The summed E-state index contributed by atoms with van der Waals surface area (Å²) >= 11 is 0. The number of aromatic nitrogens is 2. The summed E-state index contributed by atoms with van der Waals surface area (Å²) in [4.78, 5) is 42.8. The van der Waals surface area contributed by atoms with Crippen LogP contribution in [0.3, 0.4) is 0 Å². The molecule has 6 rings (SSSR count). The van der Waals surface area contributed by atoms with Gasteiger partial charge in [0.2, 0.25) is 5.78 Å². The van der Waals surface area contributed by atoms with Crippen LogP contribution in [-0.2, 0) is 23.3 Å². The molecule has 1 aliphatic heterocycles. The van der Waals surface area contributed by atoms with Gasteiger partial charge in [-0.05, 0) is 67.0 Å². The number of Topliss-reactive ketones (excluding diaryl/α,β-unsaturated/α-hetero) is 1. The Morgan fingerprint density at radius 3 is 1.59 bits per heavy atom. The van der Waals surface area contributed by atoms with Crippen molar-refractivity contribution in [1.82, 2.24) is 9.97 Å². The predicted octanol–water partition coefficient (Wildman–Crippen LogP) is 12.2. The van der Waals surface area contributed by atoms with Crippen molar-refractivity contribution in [2.24, 2.45) is 9.98 Å². The maximum atomic E-state index is 14.9. The third-order valence-electron chi connectivity index (χ3n) is 8.18. The van der Waals surface area contributed by atoms with E-state index in [1.54, 1.807) is 0 Å². The van der Waals surface area contributed by atoms with Crippen LogP contribution in [0.2, 0.25) is 0 Å². The molecule has 4 aromatic rings. The number of ketones is 1. The Morgan fingerprint density at radius 2 is 1.14 bits per heavy atom. The van der Waals surface area contributed by atoms with E-state index < -0.39 is 98.2 Å². The van der Waals surface area contributed by atoms with Crippen LogP contribution in [-0.4, -0.2) is 40.6 Å². The van der Waals surface area contributed by atoms with Crippen molar-refractivity contribution >= 4 is 29.3 Å². The maximum Gasteiger partial charge on any atom is 0.419 e. The Bertz CT molecular complexity index is 2410. The zero-order valence-corrected chi connectivity index (χ0v) is 30.5. The second kappa shape index (κ2) is 18.1. The van der Waals surface area contributed by atoms with E-state index in [1.165, 1.54) is 6.08 Å². The molecule has 2 aliphatic rings. The quantitative estimate of drug-likeness (QED) is 0.114. The molecule has 0 spiro atoms. The van der Waals surface area contributed by atoms with Crippen LogP contribution >= 0.6 is 0 Å². The zero-order chi connectivity index (χ0) is 44.0. The minimum atomic E-state index is -5.17. The van der Waals surface area contributed by atoms with Crippen LogP contribution < -0.4 is 0 Å². The minimum Gasteiger partial charge on any atom is -0.298 e. The number of carbonyl (C=O) groups is 2. The predicted molar refractivity (Wildman–Crippen MR) is 191 cm³/mol. The molecular weight excluding hydrogens is 815 g/mol. The average Bonchev–Trinajstić information content (AvgIpc) is 3.18. The van der Waals surface area contributed by atoms with Crippen molar-refractivity contribution in [3.05, 3.63) is 136 Å². The minimum absolute atomic E-state index is 0.0230. The first-order valence-electron chi connectivity index (χ1n) is 16.9. The van der Waals surface area contributed by atoms with Gasteiger partial charge in [0.25, 0.3) is 0 Å². The lowest BCUT2D eigenvalue weighted by Gasteiger charge is -2.20. The lowest BCUT2D eigenvalue weighted by molar-refractivity contribution is -0.140. The van der Waals surface area contributed by atoms with E-state index in [-0.39, 0.29) is 41.7 Å². The largest absolute Gasteiger partial charge is 0.419 e. The van der Waals surface area contributed by atoms with Crippen molar-refractivity contribution in [1.29, 1.82) is 0 Å². The van der Waals surface area contributed by atoms with Gasteiger partial charge < -0.3 is 0 Å². The number of halogens is 13. The van der Waals surface area contributed by atoms with E-state index >= 15 is 0 Å². The number of alkyl halides is 10. The third-order valence-corrected chi connectivity index (χ3v) is 8.18. The fraction of sp³-hybridized carbons (Fsp3) is 0.200. The number of aliphatic imine (C=N–C) groups is 2. The number of fused-ring (bicyclic) bond motifs is 1. The van der Waals surface area contributed by atoms with E-state index in [0.29, 0.717) is 55.7 Å². The van der Waals surface area contributed by atoms with E-state index in [1.807, 2.05) is 13.8 Å². The summed E-state index contributed by atoms with van der Waals surface area (Å²) in [5, 5.41) is 0. The molecule has 1 aliphatic carbocycles. The van der Waals surface area contributed by atoms with Gasteiger partial charge in [0.05, 0.1) is 46.7 Å². The van der Waals surface area contributed by atoms with Crippen molar-refractivity contribution in [2.75, 3.05) is 7.18 Å². The molecule has 0 radical (unpaired) electrons. The van der Waals surface area contributed by atoms with Gasteiger partial charge in [-0.3, -0.25) is 14.0 Å². The smallest absolute Gasteiger partial charge is 0.298 e. The van der Waals surface area contributed by atoms with Gasteiger partial charge in [-0.2, -0.15) is 39.5 Å². The van der Waals surface area contributed by atoms with Gasteiger partial charge in [-0.25, -0.2) is 33.1 Å². The van der Waals surface area contributed by atoms with Crippen molar-refractivity contribution in [3.63, 3.8) is 0 Å². The number of aldehydes is 1. The van der Waals surface area contributed by atoms with Crippen LogP contribution in [0, 0.1) is 11.6 Å². The Labute approximate surface area is 326 Å². The molecule has 0 N–H and O–H groups in total. The van der Waals surface area contributed by atoms with Gasteiger partial charge in [-0.1, -0.05) is 38.1 Å². The molecule has 0 saturated carbocycles. The first-order chi connectivity index (χ1) is 27.8. The van der Waals surface area contributed by atoms with Gasteiger partial charge in [0.15, 0.2) is 11.5 Å². The molecule has 2 heterocycles. The fourth-order valence-electron chi connectivity index (χ4n) is 5.62. The summed E-state index contributed by atoms with van der Waals surface area (Å²) in [5.74, 6) is -6.42. The van der Waals surface area contributed by atoms with Crippen LogP contribution in [0.1, 0.15) is 59.4 Å². The van der Waals surface area contributed by atoms with Crippen LogP contribution in [0.4, 0.5) is 62.9 Å². The summed E-state index contributed by atoms with van der Waals surface area (Å²) < 4.78 is 175. The van der Waals surface area contributed by atoms with Crippen LogP contribution in [0.25, 0.3) is 22.5 Å². The average molecular weight is 843 g/mol. The zero-order valence-electron chi connectivity index (χ0n) is 30.5. The highest BCUT2D eigenvalue weighted by Gasteiger charge is 2.37. The molecule has 19 heteroatoms. The van der Waals surface area contributed by atoms with E-state index in [2.05, 4.69) is 20.0 Å². The van der Waals surface area contributed by atoms with Gasteiger partial charge >= 0.3 is 18.5 Å². The molecule has 1 aromatic heterocycles. The summed E-state index contributed by atoms with van der Waals surface area (Å²) in [6.07, 6.45) is -12.1. The molecule has 0 atom stereocenters. The van der Waals surface area contributed by atoms with Crippen molar-refractivity contribution in [3.8, 4) is 22.5 Å². The fourth-order valence-corrected chi connectivity index (χ4v) is 5.62. The number of hydrogen-bond donors (Lipinski definition) is 0. The van der Waals surface area contributed by atoms with Crippen LogP contribution in [0.5, 0.6) is 0 Å². The lowest BCUT2D eigenvalue weighted by Crippen LogP contribution is -2.23. The highest BCUT2D eigenvalue weighted by atomic mass is 19.4. The summed E-state index contributed by atoms with van der Waals surface area (Å²) in [6.45, 7) is 4.00. The van der Waals surface area contributed by atoms with Crippen molar-refractivity contribution < 1.29 is 66.7 Å². The van der Waals surface area contributed by atoms with E-state index in [0.717, 1.165) is 24.3 Å². The molecule has 3 aromatic carbocycles. The van der Waals surface area contributed by atoms with Crippen LogP contribution in [0.15, 0.2) is 106 Å². The number of carbonyl (C=O) groups excluding carboxylic acids is 2. The summed E-state index contributed by atoms with van der Waals surface area (Å²) in [5.41, 5.74) is -9.12. The van der Waals surface area contributed by atoms with Crippen molar-refractivity contribution in [2.45, 2.75) is 45.2 Å². The summed E-state index contributed by atoms with van der Waals surface area (Å²) in [7, 11) is 0.500. The number of rotatable bonds is 5. The third kappa shape index (κ3) is 10.1. The number of allylic oxidation sites excluding steroid dienone is 6. The molecule has 59 heavy (non-hydrogen) atoms. The molecule has 0 bridgehead atoms. The molecule has 0 unspecified atom stereocenters. The molecular formula is C40H27F13N4O2. The molecule has 310 valence electrons. The van der Waals surface area contributed by atoms with Gasteiger partial charge in [0.1, 0.15) is 29.4 Å². The Kier molecular flexibility index (Phi) is 13.9. The van der Waals surface area contributed by atoms with E-state index in [4.69, 9.17) is 0 Å². The Morgan fingerprint density at radius 1 is 0.627 bits per heavy atom. The molecule has 6 nitrogen and oxygen atoms in total.